The van der Waals surface area contributed by atoms with Crippen LogP contribution in [0.1, 0.15) is 12.0 Å². The molecular formula is C31H36FN11O3. The van der Waals surface area contributed by atoms with Crippen LogP contribution in [0.4, 0.5) is 26.5 Å². The largest absolute Gasteiger partial charge is 0.486 e. The molecule has 0 spiro atoms. The number of piperazine rings is 1. The van der Waals surface area contributed by atoms with Crippen molar-refractivity contribution in [3.05, 3.63) is 54.4 Å². The molecule has 2 aromatic carbocycles. The molecule has 5 N–H and O–H groups in total. The summed E-state index contributed by atoms with van der Waals surface area (Å²) < 4.78 is 26.3. The zero-order valence-corrected chi connectivity index (χ0v) is 25.2. The molecule has 1 aromatic heterocycles. The van der Waals surface area contributed by atoms with Crippen molar-refractivity contribution in [2.24, 2.45) is 5.73 Å². The van der Waals surface area contributed by atoms with E-state index >= 15 is 0 Å². The summed E-state index contributed by atoms with van der Waals surface area (Å²) in [5.74, 6) is 0.896. The van der Waals surface area contributed by atoms with E-state index in [0.29, 0.717) is 36.3 Å². The highest BCUT2D eigenvalue weighted by atomic mass is 19.1. The maximum Gasteiger partial charge on any atom is 0.317 e. The van der Waals surface area contributed by atoms with Gasteiger partial charge in [-0.05, 0) is 48.9 Å². The summed E-state index contributed by atoms with van der Waals surface area (Å²) in [4.78, 5) is 30.6. The number of urea groups is 1. The van der Waals surface area contributed by atoms with Crippen LogP contribution in [-0.4, -0.2) is 114 Å². The summed E-state index contributed by atoms with van der Waals surface area (Å²) in [6.45, 7) is 6.24. The molecule has 3 aliphatic heterocycles. The number of nitrogens with one attached hydrogen (secondary N) is 3. The number of hydrogen-bond acceptors (Lipinski definition) is 12. The minimum atomic E-state index is -1.36. The van der Waals surface area contributed by atoms with Gasteiger partial charge in [0.2, 0.25) is 5.95 Å². The van der Waals surface area contributed by atoms with Gasteiger partial charge in [-0.25, -0.2) is 19.2 Å². The van der Waals surface area contributed by atoms with Gasteiger partial charge < -0.3 is 25.4 Å². The van der Waals surface area contributed by atoms with Crippen molar-refractivity contribution < 1.29 is 18.7 Å². The molecule has 0 aliphatic carbocycles. The number of halogens is 1. The molecule has 14 nitrogen and oxygen atoms in total. The number of primary amides is 1. The van der Waals surface area contributed by atoms with Crippen molar-refractivity contribution in [1.82, 2.24) is 30.1 Å². The Morgan fingerprint density at radius 3 is 2.59 bits per heavy atom. The van der Waals surface area contributed by atoms with Crippen LogP contribution in [0.3, 0.4) is 0 Å². The van der Waals surface area contributed by atoms with Crippen LogP contribution in [0.25, 0.3) is 11.4 Å². The number of anilines is 3. The SMILES string of the molecule is N#Cc1cc(-c2ncnc(Nc3ccc(N4CCN(C5COC5)CC4)cc3)n2)ccc1OC1CCN(CC(=N)NC(N)=O)CC1F. The van der Waals surface area contributed by atoms with Gasteiger partial charge in [-0.1, -0.05) is 0 Å². The van der Waals surface area contributed by atoms with E-state index in [1.165, 1.54) is 12.0 Å². The number of piperidine rings is 1. The van der Waals surface area contributed by atoms with Crippen molar-refractivity contribution in [3.8, 4) is 23.2 Å². The number of carbonyl (C=O) groups is 1. The van der Waals surface area contributed by atoms with Crippen LogP contribution >= 0.6 is 0 Å². The summed E-state index contributed by atoms with van der Waals surface area (Å²) >= 11 is 0. The molecule has 3 saturated heterocycles. The number of benzene rings is 2. The molecule has 4 heterocycles. The van der Waals surface area contributed by atoms with Gasteiger partial charge in [0, 0.05) is 56.2 Å². The monoisotopic (exact) mass is 629 g/mol. The first kappa shape index (κ1) is 31.1. The molecule has 3 aromatic rings. The molecule has 46 heavy (non-hydrogen) atoms. The van der Waals surface area contributed by atoms with Crippen LogP contribution in [0.2, 0.25) is 0 Å². The Kier molecular flexibility index (Phi) is 9.48. The molecule has 2 atom stereocenters. The Morgan fingerprint density at radius 1 is 1.13 bits per heavy atom. The smallest absolute Gasteiger partial charge is 0.317 e. The first-order chi connectivity index (χ1) is 22.3. The second-order valence-electron chi connectivity index (χ2n) is 11.5. The number of amidine groups is 1. The Morgan fingerprint density at radius 2 is 1.91 bits per heavy atom. The second-order valence-corrected chi connectivity index (χ2v) is 11.5. The molecule has 6 rings (SSSR count). The van der Waals surface area contributed by atoms with Gasteiger partial charge in [0.05, 0.1) is 31.4 Å². The number of amides is 2. The zero-order chi connectivity index (χ0) is 32.0. The molecular weight excluding hydrogens is 593 g/mol. The van der Waals surface area contributed by atoms with Crippen molar-refractivity contribution >= 4 is 29.2 Å². The molecule has 2 unspecified atom stereocenters. The summed E-state index contributed by atoms with van der Waals surface area (Å²) in [5.41, 5.74) is 7.86. The number of nitrogens with two attached hydrogens (primary N) is 1. The highest BCUT2D eigenvalue weighted by Crippen LogP contribution is 2.29. The second kappa shape index (κ2) is 14.0. The average Bonchev–Trinajstić information content (AvgIpc) is 3.02. The molecule has 0 radical (unpaired) electrons. The minimum absolute atomic E-state index is 0.0182. The van der Waals surface area contributed by atoms with E-state index in [1.54, 1.807) is 23.1 Å². The van der Waals surface area contributed by atoms with E-state index in [0.717, 1.165) is 45.1 Å². The van der Waals surface area contributed by atoms with E-state index in [1.807, 2.05) is 12.1 Å². The third-order valence-electron chi connectivity index (χ3n) is 8.37. The van der Waals surface area contributed by atoms with Gasteiger partial charge in [-0.2, -0.15) is 10.2 Å². The van der Waals surface area contributed by atoms with E-state index in [9.17, 15) is 14.4 Å². The molecule has 240 valence electrons. The lowest BCUT2D eigenvalue weighted by molar-refractivity contribution is -0.0660. The first-order valence-electron chi connectivity index (χ1n) is 15.2. The van der Waals surface area contributed by atoms with Gasteiger partial charge in [0.25, 0.3) is 0 Å². The van der Waals surface area contributed by atoms with Crippen molar-refractivity contribution in [3.63, 3.8) is 0 Å². The lowest BCUT2D eigenvalue weighted by atomic mass is 10.0. The van der Waals surface area contributed by atoms with Crippen molar-refractivity contribution in [1.29, 1.82) is 10.7 Å². The van der Waals surface area contributed by atoms with Crippen molar-refractivity contribution in [2.45, 2.75) is 24.7 Å². The van der Waals surface area contributed by atoms with Gasteiger partial charge in [-0.3, -0.25) is 20.5 Å². The molecule has 0 bridgehead atoms. The molecule has 15 heteroatoms. The maximum atomic E-state index is 15.0. The summed E-state index contributed by atoms with van der Waals surface area (Å²) in [6.07, 6.45) is -0.375. The van der Waals surface area contributed by atoms with Crippen LogP contribution in [-0.2, 0) is 4.74 Å². The lowest BCUT2D eigenvalue weighted by Crippen LogP contribution is -2.56. The van der Waals surface area contributed by atoms with Crippen LogP contribution < -0.4 is 26.0 Å². The number of alkyl halides is 1. The molecule has 3 aliphatic rings. The van der Waals surface area contributed by atoms with Gasteiger partial charge in [0.15, 0.2) is 5.82 Å². The Balaban J connectivity index is 1.05. The zero-order valence-electron chi connectivity index (χ0n) is 25.2. The number of likely N-dealkylation sites (tertiary alicyclic amines) is 1. The first-order valence-corrected chi connectivity index (χ1v) is 15.2. The summed E-state index contributed by atoms with van der Waals surface area (Å²) in [7, 11) is 0. The van der Waals surface area contributed by atoms with E-state index in [-0.39, 0.29) is 30.2 Å². The number of carbonyl (C=O) groups excluding carboxylic acids is 1. The molecule has 3 fully saturated rings. The van der Waals surface area contributed by atoms with Crippen molar-refractivity contribution in [2.75, 3.05) is 69.2 Å². The normalized spacial score (nSPS) is 20.7. The highest BCUT2D eigenvalue weighted by molar-refractivity contribution is 5.96. The predicted octanol–water partition coefficient (Wildman–Crippen LogP) is 2.11. The lowest BCUT2D eigenvalue weighted by Gasteiger charge is -2.43. The Labute approximate surface area is 265 Å². The Bertz CT molecular complexity index is 1590. The third-order valence-corrected chi connectivity index (χ3v) is 8.37. The van der Waals surface area contributed by atoms with E-state index in [2.05, 4.69) is 53.6 Å². The average molecular weight is 630 g/mol. The topological polar surface area (TPSA) is 182 Å². The minimum Gasteiger partial charge on any atom is -0.486 e. The number of rotatable bonds is 9. The summed E-state index contributed by atoms with van der Waals surface area (Å²) in [5, 5.41) is 23.0. The van der Waals surface area contributed by atoms with E-state index in [4.69, 9.17) is 20.6 Å². The molecule has 2 amide bonds. The van der Waals surface area contributed by atoms with Gasteiger partial charge in [0.1, 0.15) is 36.3 Å². The number of ether oxygens (including phenoxy) is 2. The molecule has 0 saturated carbocycles. The number of aromatic nitrogens is 3. The standard InChI is InChI=1S/C31H36FN11O3/c32-25-15-41(16-28(34)39-30(35)44)8-7-27(25)46-26-6-1-20(13-21(26)14-33)29-36-19-37-31(40-29)38-22-2-4-23(5-3-22)42-9-11-43(12-10-42)24-17-45-18-24/h1-6,13,19,24-25,27H,7-12,15-18H2,(H4,34,35,39,44)(H,36,37,38,40). The van der Waals surface area contributed by atoms with Gasteiger partial charge in [-0.15, -0.1) is 0 Å². The number of hydrogen-bond donors (Lipinski definition) is 4. The van der Waals surface area contributed by atoms with E-state index < -0.39 is 18.3 Å². The summed E-state index contributed by atoms with van der Waals surface area (Å²) in [6, 6.07) is 15.0. The maximum absolute atomic E-state index is 15.0. The number of nitrogens with zero attached hydrogens (tertiary/aromatic N) is 7. The highest BCUT2D eigenvalue weighted by Gasteiger charge is 2.32. The van der Waals surface area contributed by atoms with Crippen LogP contribution in [0.15, 0.2) is 48.8 Å². The quantitative estimate of drug-likeness (QED) is 0.201. The van der Waals surface area contributed by atoms with Crippen LogP contribution in [0.5, 0.6) is 5.75 Å². The van der Waals surface area contributed by atoms with Crippen LogP contribution in [0, 0.1) is 16.7 Å². The van der Waals surface area contributed by atoms with Gasteiger partial charge >= 0.3 is 6.03 Å². The Hall–Kier alpha value is -4.91. The fourth-order valence-corrected chi connectivity index (χ4v) is 5.82. The third kappa shape index (κ3) is 7.48. The fourth-order valence-electron chi connectivity index (χ4n) is 5.82. The number of nitriles is 1. The fraction of sp³-hybridized carbons (Fsp3) is 0.419. The predicted molar refractivity (Wildman–Crippen MR) is 169 cm³/mol.